The second-order valence-corrected chi connectivity index (χ2v) is 3.28. The molecule has 1 rings (SSSR count). The van der Waals surface area contributed by atoms with Crippen molar-refractivity contribution in [3.63, 3.8) is 0 Å². The van der Waals surface area contributed by atoms with Crippen LogP contribution in [0.5, 0.6) is 5.75 Å². The molecule has 0 fully saturated rings. The molecule has 76 valence electrons. The third-order valence-corrected chi connectivity index (χ3v) is 2.07. The lowest BCUT2D eigenvalue weighted by Crippen LogP contribution is -2.20. The van der Waals surface area contributed by atoms with Crippen LogP contribution in [0, 0.1) is 0 Å². The molecule has 0 aromatic heterocycles. The van der Waals surface area contributed by atoms with Gasteiger partial charge < -0.3 is 10.5 Å². The fourth-order valence-corrected chi connectivity index (χ4v) is 1.29. The van der Waals surface area contributed by atoms with E-state index >= 15 is 0 Å². The van der Waals surface area contributed by atoms with E-state index < -0.39 is 5.91 Å². The number of hydrogen-bond acceptors (Lipinski definition) is 2. The molecule has 14 heavy (non-hydrogen) atoms. The van der Waals surface area contributed by atoms with E-state index in [0.29, 0.717) is 10.8 Å². The van der Waals surface area contributed by atoms with Gasteiger partial charge in [-0.2, -0.15) is 0 Å². The van der Waals surface area contributed by atoms with Gasteiger partial charge in [0.25, 0.3) is 5.91 Å². The summed E-state index contributed by atoms with van der Waals surface area (Å²) >= 11 is 5.91. The van der Waals surface area contributed by atoms with Gasteiger partial charge in [-0.05, 0) is 24.1 Å². The van der Waals surface area contributed by atoms with Gasteiger partial charge in [-0.3, -0.25) is 4.79 Å². The molecule has 0 bridgehead atoms. The van der Waals surface area contributed by atoms with Crippen molar-refractivity contribution in [3.05, 3.63) is 28.8 Å². The predicted octanol–water partition coefficient (Wildman–Crippen LogP) is 1.77. The van der Waals surface area contributed by atoms with Crippen LogP contribution >= 0.6 is 11.6 Å². The Morgan fingerprint density at radius 3 is 2.79 bits per heavy atom. The lowest BCUT2D eigenvalue weighted by atomic mass is 10.2. The van der Waals surface area contributed by atoms with Crippen LogP contribution in [0.25, 0.3) is 0 Å². The molecule has 0 saturated heterocycles. The first-order valence-corrected chi connectivity index (χ1v) is 4.70. The van der Waals surface area contributed by atoms with E-state index in [1.165, 1.54) is 0 Å². The van der Waals surface area contributed by atoms with Crippen LogP contribution in [0.3, 0.4) is 0 Å². The number of carbonyl (C=O) groups is 1. The molecule has 4 heteroatoms. The van der Waals surface area contributed by atoms with Crippen LogP contribution in [0.4, 0.5) is 0 Å². The van der Waals surface area contributed by atoms with Crippen molar-refractivity contribution in [1.82, 2.24) is 0 Å². The maximum atomic E-state index is 10.5. The fourth-order valence-electron chi connectivity index (χ4n) is 1.03. The molecule has 0 unspecified atom stereocenters. The highest BCUT2D eigenvalue weighted by Gasteiger charge is 2.03. The molecule has 1 amide bonds. The van der Waals surface area contributed by atoms with E-state index in [1.54, 1.807) is 6.07 Å². The molecular formula is C10H12ClNO2. The standard InChI is InChI=1S/C10H12ClNO2/c1-2-7-3-4-9(8(11)5-7)14-6-10(12)13/h3-5H,2,6H2,1H3,(H2,12,13). The first-order chi connectivity index (χ1) is 6.63. The molecule has 1 aromatic rings. The number of halogens is 1. The summed E-state index contributed by atoms with van der Waals surface area (Å²) in [6.07, 6.45) is 0.913. The molecule has 1 aromatic carbocycles. The second kappa shape index (κ2) is 4.86. The van der Waals surface area contributed by atoms with Gasteiger partial charge in [0.1, 0.15) is 5.75 Å². The van der Waals surface area contributed by atoms with Crippen LogP contribution < -0.4 is 10.5 Å². The van der Waals surface area contributed by atoms with Gasteiger partial charge in [0.15, 0.2) is 6.61 Å². The number of amides is 1. The van der Waals surface area contributed by atoms with Crippen LogP contribution in [0.1, 0.15) is 12.5 Å². The highest BCUT2D eigenvalue weighted by Crippen LogP contribution is 2.25. The molecular weight excluding hydrogens is 202 g/mol. The maximum absolute atomic E-state index is 10.5. The molecule has 0 heterocycles. The van der Waals surface area contributed by atoms with Crippen LogP contribution in [0.15, 0.2) is 18.2 Å². The zero-order valence-corrected chi connectivity index (χ0v) is 8.67. The van der Waals surface area contributed by atoms with Gasteiger partial charge in [-0.25, -0.2) is 0 Å². The quantitative estimate of drug-likeness (QED) is 0.829. The number of rotatable bonds is 4. The lowest BCUT2D eigenvalue weighted by molar-refractivity contribution is -0.119. The maximum Gasteiger partial charge on any atom is 0.255 e. The minimum absolute atomic E-state index is 0.148. The highest BCUT2D eigenvalue weighted by molar-refractivity contribution is 6.32. The minimum Gasteiger partial charge on any atom is -0.482 e. The number of hydrogen-bond donors (Lipinski definition) is 1. The van der Waals surface area contributed by atoms with Crippen LogP contribution in [0.2, 0.25) is 5.02 Å². The molecule has 3 nitrogen and oxygen atoms in total. The van der Waals surface area contributed by atoms with Crippen molar-refractivity contribution in [3.8, 4) is 5.75 Å². The molecule has 0 saturated carbocycles. The second-order valence-electron chi connectivity index (χ2n) is 2.87. The Balaban J connectivity index is 2.73. The first-order valence-electron chi connectivity index (χ1n) is 4.33. The van der Waals surface area contributed by atoms with Crippen molar-refractivity contribution in [2.45, 2.75) is 13.3 Å². The minimum atomic E-state index is -0.513. The summed E-state index contributed by atoms with van der Waals surface area (Å²) in [6.45, 7) is 1.89. The Kier molecular flexibility index (Phi) is 3.77. The van der Waals surface area contributed by atoms with E-state index in [-0.39, 0.29) is 6.61 Å². The van der Waals surface area contributed by atoms with Crippen molar-refractivity contribution in [2.24, 2.45) is 5.73 Å². The van der Waals surface area contributed by atoms with Gasteiger partial charge >= 0.3 is 0 Å². The van der Waals surface area contributed by atoms with Gasteiger partial charge in [0.2, 0.25) is 0 Å². The molecule has 0 aliphatic carbocycles. The van der Waals surface area contributed by atoms with E-state index in [2.05, 4.69) is 0 Å². The van der Waals surface area contributed by atoms with Gasteiger partial charge in [0, 0.05) is 0 Å². The number of aryl methyl sites for hydroxylation is 1. The lowest BCUT2D eigenvalue weighted by Gasteiger charge is -2.06. The highest BCUT2D eigenvalue weighted by atomic mass is 35.5. The molecule has 0 radical (unpaired) electrons. The summed E-state index contributed by atoms with van der Waals surface area (Å²) in [4.78, 5) is 10.5. The van der Waals surface area contributed by atoms with E-state index in [9.17, 15) is 4.79 Å². The van der Waals surface area contributed by atoms with Gasteiger partial charge in [0.05, 0.1) is 5.02 Å². The predicted molar refractivity (Wildman–Crippen MR) is 55.5 cm³/mol. The summed E-state index contributed by atoms with van der Waals surface area (Å²) in [6, 6.07) is 5.46. The topological polar surface area (TPSA) is 52.3 Å². The molecule has 0 aliphatic rings. The van der Waals surface area contributed by atoms with E-state index in [0.717, 1.165) is 12.0 Å². The van der Waals surface area contributed by atoms with Crippen molar-refractivity contribution in [1.29, 1.82) is 0 Å². The smallest absolute Gasteiger partial charge is 0.255 e. The number of benzene rings is 1. The third kappa shape index (κ3) is 2.92. The zero-order chi connectivity index (χ0) is 10.6. The summed E-state index contributed by atoms with van der Waals surface area (Å²) in [7, 11) is 0. The monoisotopic (exact) mass is 213 g/mol. The summed E-state index contributed by atoms with van der Waals surface area (Å²) in [5.74, 6) is -0.0247. The van der Waals surface area contributed by atoms with E-state index in [4.69, 9.17) is 22.1 Å². The zero-order valence-electron chi connectivity index (χ0n) is 7.92. The molecule has 0 atom stereocenters. The Hall–Kier alpha value is -1.22. The summed E-state index contributed by atoms with van der Waals surface area (Å²) in [5.41, 5.74) is 6.07. The van der Waals surface area contributed by atoms with Crippen LogP contribution in [-0.2, 0) is 11.2 Å². The van der Waals surface area contributed by atoms with E-state index in [1.807, 2.05) is 19.1 Å². The van der Waals surface area contributed by atoms with Crippen LogP contribution in [-0.4, -0.2) is 12.5 Å². The Bertz CT molecular complexity index is 339. The summed E-state index contributed by atoms with van der Waals surface area (Å²) < 4.78 is 5.09. The van der Waals surface area contributed by atoms with Crippen molar-refractivity contribution >= 4 is 17.5 Å². The average molecular weight is 214 g/mol. The van der Waals surface area contributed by atoms with Crippen molar-refractivity contribution in [2.75, 3.05) is 6.61 Å². The van der Waals surface area contributed by atoms with Gasteiger partial charge in [-0.15, -0.1) is 0 Å². The molecule has 0 spiro atoms. The Morgan fingerprint density at radius 1 is 1.57 bits per heavy atom. The van der Waals surface area contributed by atoms with Crippen molar-refractivity contribution < 1.29 is 9.53 Å². The fraction of sp³-hybridized carbons (Fsp3) is 0.300. The first kappa shape index (κ1) is 10.9. The molecule has 0 aliphatic heterocycles. The summed E-state index contributed by atoms with van der Waals surface area (Å²) in [5, 5.41) is 0.505. The largest absolute Gasteiger partial charge is 0.482 e. The number of primary amides is 1. The number of ether oxygens (including phenoxy) is 1. The Labute approximate surface area is 87.8 Å². The number of nitrogens with two attached hydrogens (primary N) is 1. The number of carbonyl (C=O) groups excluding carboxylic acids is 1. The average Bonchev–Trinajstić information content (AvgIpc) is 2.15. The Morgan fingerprint density at radius 2 is 2.29 bits per heavy atom. The normalized spacial score (nSPS) is 9.86. The van der Waals surface area contributed by atoms with Gasteiger partial charge in [-0.1, -0.05) is 24.6 Å². The third-order valence-electron chi connectivity index (χ3n) is 1.77. The SMILES string of the molecule is CCc1ccc(OCC(N)=O)c(Cl)c1. The molecule has 2 N–H and O–H groups in total.